The molecule has 0 spiro atoms. The van der Waals surface area contributed by atoms with Crippen molar-refractivity contribution < 1.29 is 4.74 Å². The fourth-order valence-corrected chi connectivity index (χ4v) is 2.29. The average Bonchev–Trinajstić information content (AvgIpc) is 2.40. The molecule has 0 saturated heterocycles. The minimum Gasteiger partial charge on any atom is -0.383 e. The highest BCUT2D eigenvalue weighted by atomic mass is 16.5. The molecule has 2 N–H and O–H groups in total. The van der Waals surface area contributed by atoms with Gasteiger partial charge in [0.15, 0.2) is 5.96 Å². The summed E-state index contributed by atoms with van der Waals surface area (Å²) in [5.74, 6) is 0.892. The molecule has 1 rings (SSSR count). The van der Waals surface area contributed by atoms with E-state index in [2.05, 4.69) is 35.5 Å². The van der Waals surface area contributed by atoms with Gasteiger partial charge >= 0.3 is 0 Å². The van der Waals surface area contributed by atoms with E-state index in [0.717, 1.165) is 25.5 Å². The molecular formula is C15H29N3O. The average molecular weight is 267 g/mol. The lowest BCUT2D eigenvalue weighted by atomic mass is 9.97. The maximum Gasteiger partial charge on any atom is 0.191 e. The minimum absolute atomic E-state index is 0.275. The molecule has 0 amide bonds. The van der Waals surface area contributed by atoms with E-state index in [1.807, 2.05) is 0 Å². The van der Waals surface area contributed by atoms with Crippen molar-refractivity contribution >= 4 is 5.96 Å². The molecule has 1 aliphatic carbocycles. The molecule has 0 aromatic rings. The standard InChI is InChI=1S/C15H29N3O/c1-4-16-15(18-13(2)12-19-3)17-11-10-14-8-6-5-7-9-14/h8,13H,4-7,9-12H2,1-3H3,(H2,16,17,18). The molecule has 1 atom stereocenters. The van der Waals surface area contributed by atoms with E-state index in [1.54, 1.807) is 12.7 Å². The third-order valence-electron chi connectivity index (χ3n) is 3.23. The van der Waals surface area contributed by atoms with E-state index in [1.165, 1.54) is 25.7 Å². The first-order valence-corrected chi connectivity index (χ1v) is 7.48. The highest BCUT2D eigenvalue weighted by Crippen LogP contribution is 2.19. The summed E-state index contributed by atoms with van der Waals surface area (Å²) in [4.78, 5) is 4.63. The molecule has 0 saturated carbocycles. The van der Waals surface area contributed by atoms with E-state index < -0.39 is 0 Å². The highest BCUT2D eigenvalue weighted by Gasteiger charge is 2.05. The number of methoxy groups -OCH3 is 1. The lowest BCUT2D eigenvalue weighted by Crippen LogP contribution is -2.44. The Morgan fingerprint density at radius 2 is 2.32 bits per heavy atom. The van der Waals surface area contributed by atoms with Gasteiger partial charge in [-0.2, -0.15) is 0 Å². The van der Waals surface area contributed by atoms with Crippen molar-refractivity contribution in [1.82, 2.24) is 10.6 Å². The van der Waals surface area contributed by atoms with E-state index in [0.29, 0.717) is 6.61 Å². The van der Waals surface area contributed by atoms with Gasteiger partial charge in [0.25, 0.3) is 0 Å². The Balaban J connectivity index is 2.36. The van der Waals surface area contributed by atoms with Crippen molar-refractivity contribution in [2.45, 2.75) is 52.0 Å². The van der Waals surface area contributed by atoms with Crippen LogP contribution in [0, 0.1) is 0 Å². The lowest BCUT2D eigenvalue weighted by molar-refractivity contribution is 0.179. The maximum absolute atomic E-state index is 5.13. The second-order valence-corrected chi connectivity index (χ2v) is 5.12. The summed E-state index contributed by atoms with van der Waals surface area (Å²) in [6, 6.07) is 0.275. The summed E-state index contributed by atoms with van der Waals surface area (Å²) >= 11 is 0. The third kappa shape index (κ3) is 7.21. The van der Waals surface area contributed by atoms with E-state index in [9.17, 15) is 0 Å². The number of rotatable bonds is 7. The van der Waals surface area contributed by atoms with Gasteiger partial charge in [-0.25, -0.2) is 0 Å². The second kappa shape index (κ2) is 9.84. The molecule has 0 aromatic heterocycles. The molecule has 0 bridgehead atoms. The molecule has 1 aliphatic rings. The Labute approximate surface area is 117 Å². The first-order chi connectivity index (χ1) is 9.26. The maximum atomic E-state index is 5.13. The molecule has 19 heavy (non-hydrogen) atoms. The molecule has 4 heteroatoms. The predicted molar refractivity (Wildman–Crippen MR) is 81.6 cm³/mol. The summed E-state index contributed by atoms with van der Waals surface area (Å²) < 4.78 is 5.13. The molecule has 0 heterocycles. The van der Waals surface area contributed by atoms with Crippen LogP contribution >= 0.6 is 0 Å². The second-order valence-electron chi connectivity index (χ2n) is 5.12. The number of nitrogens with one attached hydrogen (secondary N) is 2. The van der Waals surface area contributed by atoms with Gasteiger partial charge < -0.3 is 15.4 Å². The van der Waals surface area contributed by atoms with Crippen molar-refractivity contribution in [2.24, 2.45) is 4.99 Å². The number of allylic oxidation sites excluding steroid dienone is 1. The van der Waals surface area contributed by atoms with Crippen LogP contribution in [-0.4, -0.2) is 38.8 Å². The summed E-state index contributed by atoms with van der Waals surface area (Å²) in [5.41, 5.74) is 1.58. The summed E-state index contributed by atoms with van der Waals surface area (Å²) in [6.07, 6.45) is 8.70. The van der Waals surface area contributed by atoms with Crippen LogP contribution < -0.4 is 10.6 Å². The summed E-state index contributed by atoms with van der Waals surface area (Å²) in [5, 5.41) is 6.62. The van der Waals surface area contributed by atoms with Gasteiger partial charge in [0, 0.05) is 26.2 Å². The first kappa shape index (κ1) is 16.0. The van der Waals surface area contributed by atoms with Gasteiger partial charge in [0.2, 0.25) is 0 Å². The fourth-order valence-electron chi connectivity index (χ4n) is 2.29. The van der Waals surface area contributed by atoms with Gasteiger partial charge in [-0.1, -0.05) is 11.6 Å². The number of aliphatic imine (C=N–C) groups is 1. The van der Waals surface area contributed by atoms with Gasteiger partial charge in [-0.05, 0) is 46.0 Å². The molecular weight excluding hydrogens is 238 g/mol. The Morgan fingerprint density at radius 1 is 1.47 bits per heavy atom. The zero-order chi connectivity index (χ0) is 13.9. The van der Waals surface area contributed by atoms with Crippen LogP contribution in [0.5, 0.6) is 0 Å². The Bertz CT molecular complexity index is 300. The molecule has 0 aliphatic heterocycles. The van der Waals surface area contributed by atoms with Crippen LogP contribution in [-0.2, 0) is 4.74 Å². The van der Waals surface area contributed by atoms with Crippen molar-refractivity contribution in [1.29, 1.82) is 0 Å². The van der Waals surface area contributed by atoms with Crippen LogP contribution in [0.15, 0.2) is 16.6 Å². The van der Waals surface area contributed by atoms with Gasteiger partial charge in [-0.15, -0.1) is 0 Å². The largest absolute Gasteiger partial charge is 0.383 e. The van der Waals surface area contributed by atoms with E-state index in [-0.39, 0.29) is 6.04 Å². The van der Waals surface area contributed by atoms with Crippen LogP contribution in [0.4, 0.5) is 0 Å². The molecule has 0 aromatic carbocycles. The lowest BCUT2D eigenvalue weighted by Gasteiger charge is -2.17. The van der Waals surface area contributed by atoms with Crippen molar-refractivity contribution in [3.63, 3.8) is 0 Å². The SMILES string of the molecule is CCNC(=NCCC1=CCCCC1)NC(C)COC. The first-order valence-electron chi connectivity index (χ1n) is 7.48. The Morgan fingerprint density at radius 3 is 2.95 bits per heavy atom. The number of guanidine groups is 1. The van der Waals surface area contributed by atoms with Crippen molar-refractivity contribution in [3.8, 4) is 0 Å². The minimum atomic E-state index is 0.275. The smallest absolute Gasteiger partial charge is 0.191 e. The van der Waals surface area contributed by atoms with Crippen LogP contribution in [0.25, 0.3) is 0 Å². The number of hydrogen-bond acceptors (Lipinski definition) is 2. The van der Waals surface area contributed by atoms with E-state index in [4.69, 9.17) is 4.74 Å². The number of nitrogens with zero attached hydrogens (tertiary/aromatic N) is 1. The Hall–Kier alpha value is -1.03. The fraction of sp³-hybridized carbons (Fsp3) is 0.800. The molecule has 4 nitrogen and oxygen atoms in total. The van der Waals surface area contributed by atoms with Crippen molar-refractivity contribution in [2.75, 3.05) is 26.8 Å². The monoisotopic (exact) mass is 267 g/mol. The highest BCUT2D eigenvalue weighted by molar-refractivity contribution is 5.80. The third-order valence-corrected chi connectivity index (χ3v) is 3.23. The quantitative estimate of drug-likeness (QED) is 0.423. The van der Waals surface area contributed by atoms with Crippen LogP contribution in [0.1, 0.15) is 46.0 Å². The van der Waals surface area contributed by atoms with E-state index >= 15 is 0 Å². The molecule has 0 radical (unpaired) electrons. The normalized spacial score (nSPS) is 17.8. The molecule has 1 unspecified atom stereocenters. The van der Waals surface area contributed by atoms with Gasteiger partial charge in [0.1, 0.15) is 0 Å². The predicted octanol–water partition coefficient (Wildman–Crippen LogP) is 2.47. The van der Waals surface area contributed by atoms with Gasteiger partial charge in [0.05, 0.1) is 6.61 Å². The zero-order valence-corrected chi connectivity index (χ0v) is 12.7. The number of ether oxygens (including phenoxy) is 1. The summed E-state index contributed by atoms with van der Waals surface area (Å²) in [7, 11) is 1.72. The summed E-state index contributed by atoms with van der Waals surface area (Å²) in [6.45, 7) is 6.62. The van der Waals surface area contributed by atoms with Crippen LogP contribution in [0.2, 0.25) is 0 Å². The van der Waals surface area contributed by atoms with Crippen molar-refractivity contribution in [3.05, 3.63) is 11.6 Å². The molecule has 110 valence electrons. The van der Waals surface area contributed by atoms with Crippen LogP contribution in [0.3, 0.4) is 0 Å². The van der Waals surface area contributed by atoms with Gasteiger partial charge in [-0.3, -0.25) is 4.99 Å². The molecule has 0 fully saturated rings. The topological polar surface area (TPSA) is 45.7 Å². The zero-order valence-electron chi connectivity index (χ0n) is 12.7. The Kier molecular flexibility index (Phi) is 8.30. The number of hydrogen-bond donors (Lipinski definition) is 2.